The fraction of sp³-hybridized carbons (Fsp3) is 0.0952. The highest BCUT2D eigenvalue weighted by atomic mass is 19.1. The predicted octanol–water partition coefficient (Wildman–Crippen LogP) is 4.11. The van der Waals surface area contributed by atoms with E-state index in [1.54, 1.807) is 36.9 Å². The average Bonchev–Trinajstić information content (AvgIpc) is 2.67. The van der Waals surface area contributed by atoms with Gasteiger partial charge in [-0.2, -0.15) is 0 Å². The van der Waals surface area contributed by atoms with Crippen molar-refractivity contribution < 1.29 is 4.39 Å². The van der Waals surface area contributed by atoms with E-state index in [9.17, 15) is 9.18 Å². The first-order chi connectivity index (χ1) is 12.5. The molecule has 0 aliphatic rings. The summed E-state index contributed by atoms with van der Waals surface area (Å²) >= 11 is 0. The molecule has 0 atom stereocenters. The summed E-state index contributed by atoms with van der Waals surface area (Å²) in [6, 6.07) is 14.6. The molecule has 0 saturated heterocycles. The number of aryl methyl sites for hydroxylation is 2. The largest absolute Gasteiger partial charge is 0.309 e. The molecular weight excluding hydrogens is 329 g/mol. The maximum Gasteiger partial charge on any atom is 0.269 e. The lowest BCUT2D eigenvalue weighted by Gasteiger charge is -2.11. The zero-order valence-electron chi connectivity index (χ0n) is 14.4. The molecule has 26 heavy (non-hydrogen) atoms. The first-order valence-corrected chi connectivity index (χ1v) is 8.22. The Morgan fingerprint density at radius 1 is 1.00 bits per heavy atom. The number of pyridine rings is 1. The lowest BCUT2D eigenvalue weighted by atomic mass is 9.98. The van der Waals surface area contributed by atoms with Crippen LogP contribution in [0.3, 0.4) is 0 Å². The fourth-order valence-corrected chi connectivity index (χ4v) is 3.06. The van der Waals surface area contributed by atoms with Crippen LogP contribution < -0.4 is 5.56 Å². The summed E-state index contributed by atoms with van der Waals surface area (Å²) in [5, 5.41) is 0. The van der Waals surface area contributed by atoms with Crippen molar-refractivity contribution in [2.75, 3.05) is 0 Å². The van der Waals surface area contributed by atoms with Gasteiger partial charge in [0.25, 0.3) is 5.56 Å². The van der Waals surface area contributed by atoms with Gasteiger partial charge in [0.2, 0.25) is 0 Å². The Bertz CT molecular complexity index is 1200. The predicted molar refractivity (Wildman–Crippen MR) is 100 cm³/mol. The minimum absolute atomic E-state index is 0.157. The normalized spacial score (nSPS) is 11.0. The van der Waals surface area contributed by atoms with E-state index in [1.807, 2.05) is 30.3 Å². The van der Waals surface area contributed by atoms with Crippen LogP contribution in [0.2, 0.25) is 0 Å². The Balaban J connectivity index is 1.94. The minimum Gasteiger partial charge on any atom is -0.309 e. The number of hydrogen-bond acceptors (Lipinski definition) is 3. The van der Waals surface area contributed by atoms with Crippen LogP contribution in [-0.4, -0.2) is 14.5 Å². The molecule has 0 radical (unpaired) electrons. The highest BCUT2D eigenvalue weighted by Crippen LogP contribution is 2.32. The van der Waals surface area contributed by atoms with Gasteiger partial charge in [-0.1, -0.05) is 12.1 Å². The molecule has 0 unspecified atom stereocenters. The number of benzene rings is 2. The maximum atomic E-state index is 13.6. The zero-order valence-corrected chi connectivity index (χ0v) is 14.4. The van der Waals surface area contributed by atoms with Crippen molar-refractivity contribution in [2.45, 2.75) is 6.92 Å². The Morgan fingerprint density at radius 2 is 1.81 bits per heavy atom. The van der Waals surface area contributed by atoms with Gasteiger partial charge in [-0.05, 0) is 54.4 Å². The second kappa shape index (κ2) is 6.19. The van der Waals surface area contributed by atoms with Gasteiger partial charge in [-0.15, -0.1) is 0 Å². The smallest absolute Gasteiger partial charge is 0.269 e. The quantitative estimate of drug-likeness (QED) is 0.549. The third-order valence-corrected chi connectivity index (χ3v) is 4.53. The molecule has 2 aromatic carbocycles. The molecule has 0 amide bonds. The van der Waals surface area contributed by atoms with Gasteiger partial charge in [0.05, 0.1) is 22.9 Å². The Morgan fingerprint density at radius 3 is 2.62 bits per heavy atom. The molecule has 2 heterocycles. The number of aromatic nitrogens is 3. The molecule has 0 N–H and O–H groups in total. The molecule has 0 fully saturated rings. The first kappa shape index (κ1) is 16.1. The van der Waals surface area contributed by atoms with E-state index in [0.29, 0.717) is 5.56 Å². The molecule has 0 bridgehead atoms. The van der Waals surface area contributed by atoms with Crippen molar-refractivity contribution in [3.8, 4) is 22.4 Å². The molecule has 0 saturated carbocycles. The monoisotopic (exact) mass is 345 g/mol. The summed E-state index contributed by atoms with van der Waals surface area (Å²) in [5.41, 5.74) is 5.37. The van der Waals surface area contributed by atoms with E-state index < -0.39 is 0 Å². The Kier molecular flexibility index (Phi) is 3.84. The number of nitrogens with zero attached hydrogens (tertiary/aromatic N) is 3. The molecule has 4 aromatic rings. The van der Waals surface area contributed by atoms with Crippen LogP contribution in [-0.2, 0) is 7.05 Å². The highest BCUT2D eigenvalue weighted by molar-refractivity contribution is 5.87. The second-order valence-corrected chi connectivity index (χ2v) is 6.22. The van der Waals surface area contributed by atoms with Crippen LogP contribution in [0.1, 0.15) is 5.56 Å². The zero-order chi connectivity index (χ0) is 18.3. The Labute approximate surface area is 149 Å². The minimum atomic E-state index is -0.238. The molecule has 5 heteroatoms. The molecular formula is C21H16FN3O. The van der Waals surface area contributed by atoms with Gasteiger partial charge in [0.15, 0.2) is 0 Å². The van der Waals surface area contributed by atoms with E-state index in [1.165, 1.54) is 12.3 Å². The molecule has 0 aliphatic heterocycles. The van der Waals surface area contributed by atoms with E-state index in [4.69, 9.17) is 0 Å². The van der Waals surface area contributed by atoms with Gasteiger partial charge in [0.1, 0.15) is 5.82 Å². The highest BCUT2D eigenvalue weighted by Gasteiger charge is 2.11. The SMILES string of the molecule is Cc1cc(-c2ncccc2-c2ccc3ncc(=O)n(C)c3c2)ccc1F. The van der Waals surface area contributed by atoms with Crippen LogP contribution in [0.15, 0.2) is 65.7 Å². The molecule has 2 aromatic heterocycles. The number of hydrogen-bond donors (Lipinski definition) is 0. The number of halogens is 1. The lowest BCUT2D eigenvalue weighted by Crippen LogP contribution is -2.16. The summed E-state index contributed by atoms with van der Waals surface area (Å²) < 4.78 is 15.2. The van der Waals surface area contributed by atoms with Crippen molar-refractivity contribution in [1.29, 1.82) is 0 Å². The fourth-order valence-electron chi connectivity index (χ4n) is 3.06. The van der Waals surface area contributed by atoms with E-state index in [0.717, 1.165) is 33.4 Å². The van der Waals surface area contributed by atoms with Gasteiger partial charge in [-0.25, -0.2) is 9.37 Å². The van der Waals surface area contributed by atoms with Gasteiger partial charge < -0.3 is 4.57 Å². The number of fused-ring (bicyclic) bond motifs is 1. The van der Waals surface area contributed by atoms with Crippen molar-refractivity contribution in [1.82, 2.24) is 14.5 Å². The van der Waals surface area contributed by atoms with E-state index in [-0.39, 0.29) is 11.4 Å². The van der Waals surface area contributed by atoms with Gasteiger partial charge in [-0.3, -0.25) is 9.78 Å². The van der Waals surface area contributed by atoms with Crippen LogP contribution in [0.25, 0.3) is 33.4 Å². The van der Waals surface area contributed by atoms with Crippen molar-refractivity contribution in [3.63, 3.8) is 0 Å². The van der Waals surface area contributed by atoms with E-state index >= 15 is 0 Å². The maximum absolute atomic E-state index is 13.6. The third-order valence-electron chi connectivity index (χ3n) is 4.53. The summed E-state index contributed by atoms with van der Waals surface area (Å²) in [6.45, 7) is 1.74. The van der Waals surface area contributed by atoms with Gasteiger partial charge >= 0.3 is 0 Å². The standard InChI is InChI=1S/C21H16FN3O/c1-13-10-15(5-7-17(13)22)21-16(4-3-9-23-21)14-6-8-18-19(11-14)25(2)20(26)12-24-18/h3-12H,1-2H3. The summed E-state index contributed by atoms with van der Waals surface area (Å²) in [6.07, 6.45) is 3.04. The van der Waals surface area contributed by atoms with E-state index in [2.05, 4.69) is 9.97 Å². The van der Waals surface area contributed by atoms with Crippen LogP contribution in [0, 0.1) is 12.7 Å². The van der Waals surface area contributed by atoms with Crippen molar-refractivity contribution in [3.05, 3.63) is 82.7 Å². The average molecular weight is 345 g/mol. The topological polar surface area (TPSA) is 47.8 Å². The molecule has 4 rings (SSSR count). The number of rotatable bonds is 2. The van der Waals surface area contributed by atoms with Crippen LogP contribution in [0.5, 0.6) is 0 Å². The first-order valence-electron chi connectivity index (χ1n) is 8.22. The second-order valence-electron chi connectivity index (χ2n) is 6.22. The van der Waals surface area contributed by atoms with Crippen molar-refractivity contribution in [2.24, 2.45) is 7.05 Å². The summed E-state index contributed by atoms with van der Waals surface area (Å²) in [4.78, 5) is 20.6. The molecule has 0 spiro atoms. The molecule has 0 aliphatic carbocycles. The summed E-state index contributed by atoms with van der Waals surface area (Å²) in [7, 11) is 1.73. The molecule has 4 nitrogen and oxygen atoms in total. The van der Waals surface area contributed by atoms with Crippen LogP contribution in [0.4, 0.5) is 4.39 Å². The third kappa shape index (κ3) is 2.67. The van der Waals surface area contributed by atoms with Crippen LogP contribution >= 0.6 is 0 Å². The molecule has 128 valence electrons. The Hall–Kier alpha value is -3.34. The summed E-state index contributed by atoms with van der Waals surface area (Å²) in [5.74, 6) is -0.238. The van der Waals surface area contributed by atoms with Gasteiger partial charge in [0, 0.05) is 24.4 Å². The lowest BCUT2D eigenvalue weighted by molar-refractivity contribution is 0.619. The van der Waals surface area contributed by atoms with Crippen molar-refractivity contribution >= 4 is 11.0 Å².